The highest BCUT2D eigenvalue weighted by Crippen LogP contribution is 2.28. The fourth-order valence-corrected chi connectivity index (χ4v) is 3.66. The van der Waals surface area contributed by atoms with Gasteiger partial charge in [0.15, 0.2) is 5.96 Å². The van der Waals surface area contributed by atoms with E-state index in [0.29, 0.717) is 25.6 Å². The smallest absolute Gasteiger partial charge is 0.213 e. The molecule has 0 amide bonds. The Morgan fingerprint density at radius 3 is 2.77 bits per heavy atom. The third-order valence-electron chi connectivity index (χ3n) is 5.24. The molecule has 0 saturated carbocycles. The number of nitrogens with one attached hydrogen (secondary N) is 1. The molecule has 1 atom stereocenters. The van der Waals surface area contributed by atoms with Crippen molar-refractivity contribution in [3.05, 3.63) is 23.9 Å². The van der Waals surface area contributed by atoms with Gasteiger partial charge in [0.05, 0.1) is 6.61 Å². The van der Waals surface area contributed by atoms with E-state index in [1.54, 1.807) is 7.11 Å². The number of ether oxygens (including phenoxy) is 2. The molecule has 0 aromatic carbocycles. The van der Waals surface area contributed by atoms with Crippen molar-refractivity contribution >= 4 is 5.96 Å². The van der Waals surface area contributed by atoms with Crippen LogP contribution in [0.15, 0.2) is 23.3 Å². The van der Waals surface area contributed by atoms with E-state index in [1.165, 1.54) is 19.3 Å². The molecule has 0 radical (unpaired) electrons. The summed E-state index contributed by atoms with van der Waals surface area (Å²) in [6.07, 6.45) is 5.65. The van der Waals surface area contributed by atoms with Gasteiger partial charge in [-0.1, -0.05) is 32.8 Å². The standard InChI is InChI=1S/C20H34N4O2/c1-5-17(6-2)18-9-10-24(15-18)20(21-3)23-14-16-7-8-19(22-13-16)26-12-11-25-4/h7-8,13,17-18H,5-6,9-12,14-15H2,1-4H3,(H,21,23). The molecule has 0 spiro atoms. The van der Waals surface area contributed by atoms with Crippen LogP contribution in [0.25, 0.3) is 0 Å². The van der Waals surface area contributed by atoms with E-state index in [0.717, 1.165) is 36.4 Å². The number of nitrogens with zero attached hydrogens (tertiary/aromatic N) is 3. The Balaban J connectivity index is 1.82. The molecule has 1 N–H and O–H groups in total. The maximum absolute atomic E-state index is 5.50. The van der Waals surface area contributed by atoms with Gasteiger partial charge in [0.25, 0.3) is 0 Å². The molecule has 1 aromatic rings. The minimum absolute atomic E-state index is 0.514. The number of pyridine rings is 1. The molecule has 1 fully saturated rings. The van der Waals surface area contributed by atoms with Crippen LogP contribution in [0.3, 0.4) is 0 Å². The van der Waals surface area contributed by atoms with Crippen LogP contribution in [0.1, 0.15) is 38.7 Å². The van der Waals surface area contributed by atoms with Crippen molar-refractivity contribution in [1.82, 2.24) is 15.2 Å². The van der Waals surface area contributed by atoms with Gasteiger partial charge >= 0.3 is 0 Å². The highest BCUT2D eigenvalue weighted by molar-refractivity contribution is 5.80. The van der Waals surface area contributed by atoms with Gasteiger partial charge < -0.3 is 19.7 Å². The number of rotatable bonds is 9. The van der Waals surface area contributed by atoms with Crippen LogP contribution in [0.2, 0.25) is 0 Å². The first-order valence-corrected chi connectivity index (χ1v) is 9.74. The van der Waals surface area contributed by atoms with E-state index in [1.807, 2.05) is 25.4 Å². The molecular formula is C20H34N4O2. The normalized spacial score (nSPS) is 17.8. The summed E-state index contributed by atoms with van der Waals surface area (Å²) in [6.45, 7) is 8.60. The zero-order valence-electron chi connectivity index (χ0n) is 16.7. The van der Waals surface area contributed by atoms with Crippen LogP contribution < -0.4 is 10.1 Å². The molecular weight excluding hydrogens is 328 g/mol. The Kier molecular flexibility index (Phi) is 8.68. The summed E-state index contributed by atoms with van der Waals surface area (Å²) in [5.41, 5.74) is 1.11. The van der Waals surface area contributed by atoms with Crippen LogP contribution in [0.4, 0.5) is 0 Å². The first kappa shape index (κ1) is 20.5. The summed E-state index contributed by atoms with van der Waals surface area (Å²) in [5, 5.41) is 3.47. The Bertz CT molecular complexity index is 543. The molecule has 1 aromatic heterocycles. The number of hydrogen-bond acceptors (Lipinski definition) is 4. The van der Waals surface area contributed by atoms with Crippen molar-refractivity contribution in [3.63, 3.8) is 0 Å². The Morgan fingerprint density at radius 2 is 2.15 bits per heavy atom. The number of aromatic nitrogens is 1. The summed E-state index contributed by atoms with van der Waals surface area (Å²) >= 11 is 0. The molecule has 0 bridgehead atoms. The fraction of sp³-hybridized carbons (Fsp3) is 0.700. The minimum Gasteiger partial charge on any atom is -0.475 e. The average molecular weight is 363 g/mol. The minimum atomic E-state index is 0.514. The van der Waals surface area contributed by atoms with Crippen molar-refractivity contribution in [3.8, 4) is 5.88 Å². The van der Waals surface area contributed by atoms with Gasteiger partial charge in [-0.25, -0.2) is 4.98 Å². The highest BCUT2D eigenvalue weighted by Gasteiger charge is 2.29. The maximum Gasteiger partial charge on any atom is 0.213 e. The maximum atomic E-state index is 5.50. The first-order valence-electron chi connectivity index (χ1n) is 9.74. The van der Waals surface area contributed by atoms with Crippen LogP contribution in [0, 0.1) is 11.8 Å². The summed E-state index contributed by atoms with van der Waals surface area (Å²) in [6, 6.07) is 3.93. The van der Waals surface area contributed by atoms with Gasteiger partial charge in [-0.3, -0.25) is 4.99 Å². The third kappa shape index (κ3) is 5.87. The number of hydrogen-bond donors (Lipinski definition) is 1. The number of likely N-dealkylation sites (tertiary alicyclic amines) is 1. The van der Waals surface area contributed by atoms with Crippen LogP contribution >= 0.6 is 0 Å². The van der Waals surface area contributed by atoms with Crippen molar-refractivity contribution in [2.75, 3.05) is 40.5 Å². The lowest BCUT2D eigenvalue weighted by Gasteiger charge is -2.24. The Hall–Kier alpha value is -1.82. The van der Waals surface area contributed by atoms with E-state index >= 15 is 0 Å². The Labute approximate surface area is 158 Å². The topological polar surface area (TPSA) is 59.0 Å². The summed E-state index contributed by atoms with van der Waals surface area (Å²) in [4.78, 5) is 11.2. The lowest BCUT2D eigenvalue weighted by Crippen LogP contribution is -2.40. The summed E-state index contributed by atoms with van der Waals surface area (Å²) in [7, 11) is 3.52. The van der Waals surface area contributed by atoms with Crippen LogP contribution in [-0.2, 0) is 11.3 Å². The largest absolute Gasteiger partial charge is 0.475 e. The van der Waals surface area contributed by atoms with Gasteiger partial charge in [-0.05, 0) is 23.8 Å². The molecule has 1 unspecified atom stereocenters. The monoisotopic (exact) mass is 362 g/mol. The number of methoxy groups -OCH3 is 1. The van der Waals surface area contributed by atoms with Crippen molar-refractivity contribution < 1.29 is 9.47 Å². The molecule has 0 aliphatic carbocycles. The summed E-state index contributed by atoms with van der Waals surface area (Å²) in [5.74, 6) is 3.23. The number of aliphatic imine (C=N–C) groups is 1. The predicted molar refractivity (Wildman–Crippen MR) is 106 cm³/mol. The second-order valence-electron chi connectivity index (χ2n) is 6.82. The molecule has 2 heterocycles. The van der Waals surface area contributed by atoms with Gasteiger partial charge in [-0.2, -0.15) is 0 Å². The lowest BCUT2D eigenvalue weighted by atomic mass is 9.87. The Morgan fingerprint density at radius 1 is 1.35 bits per heavy atom. The molecule has 146 valence electrons. The predicted octanol–water partition coefficient (Wildman–Crippen LogP) is 2.94. The van der Waals surface area contributed by atoms with Crippen molar-refractivity contribution in [2.24, 2.45) is 16.8 Å². The SMILES string of the molecule is CCC(CC)C1CCN(C(=NC)NCc2ccc(OCCOC)nc2)C1. The van der Waals surface area contributed by atoms with E-state index in [-0.39, 0.29) is 0 Å². The lowest BCUT2D eigenvalue weighted by molar-refractivity contribution is 0.143. The summed E-state index contributed by atoms with van der Waals surface area (Å²) < 4.78 is 10.5. The molecule has 1 aliphatic heterocycles. The van der Waals surface area contributed by atoms with E-state index in [4.69, 9.17) is 9.47 Å². The van der Waals surface area contributed by atoms with Gasteiger partial charge in [0.2, 0.25) is 5.88 Å². The van der Waals surface area contributed by atoms with E-state index < -0.39 is 0 Å². The average Bonchev–Trinajstić information content (AvgIpc) is 3.14. The van der Waals surface area contributed by atoms with Gasteiger partial charge in [0.1, 0.15) is 6.61 Å². The van der Waals surface area contributed by atoms with Crippen LogP contribution in [-0.4, -0.2) is 56.3 Å². The van der Waals surface area contributed by atoms with E-state index in [9.17, 15) is 0 Å². The molecule has 1 aliphatic rings. The molecule has 6 heteroatoms. The van der Waals surface area contributed by atoms with Crippen molar-refractivity contribution in [2.45, 2.75) is 39.7 Å². The van der Waals surface area contributed by atoms with Crippen LogP contribution in [0.5, 0.6) is 5.88 Å². The highest BCUT2D eigenvalue weighted by atomic mass is 16.5. The zero-order valence-corrected chi connectivity index (χ0v) is 16.7. The zero-order chi connectivity index (χ0) is 18.8. The van der Waals surface area contributed by atoms with Gasteiger partial charge in [0, 0.05) is 46.1 Å². The quantitative estimate of drug-likeness (QED) is 0.416. The fourth-order valence-electron chi connectivity index (χ4n) is 3.66. The first-order chi connectivity index (χ1) is 12.7. The second kappa shape index (κ2) is 11.0. The van der Waals surface area contributed by atoms with Gasteiger partial charge in [-0.15, -0.1) is 0 Å². The number of guanidine groups is 1. The molecule has 26 heavy (non-hydrogen) atoms. The molecule has 6 nitrogen and oxygen atoms in total. The van der Waals surface area contributed by atoms with Crippen molar-refractivity contribution in [1.29, 1.82) is 0 Å². The third-order valence-corrected chi connectivity index (χ3v) is 5.24. The van der Waals surface area contributed by atoms with E-state index in [2.05, 4.69) is 34.0 Å². The molecule has 2 rings (SSSR count). The molecule has 1 saturated heterocycles. The second-order valence-corrected chi connectivity index (χ2v) is 6.82.